The summed E-state index contributed by atoms with van der Waals surface area (Å²) in [5.41, 5.74) is 0.698. The van der Waals surface area contributed by atoms with Crippen molar-refractivity contribution in [1.29, 1.82) is 0 Å². The number of hydrogen-bond acceptors (Lipinski definition) is 2. The molecule has 0 aromatic heterocycles. The number of benzene rings is 1. The van der Waals surface area contributed by atoms with E-state index in [2.05, 4.69) is 5.32 Å². The fourth-order valence-corrected chi connectivity index (χ4v) is 2.63. The van der Waals surface area contributed by atoms with Crippen molar-refractivity contribution in [2.75, 3.05) is 0 Å². The van der Waals surface area contributed by atoms with Crippen LogP contribution >= 0.6 is 0 Å². The van der Waals surface area contributed by atoms with Crippen molar-refractivity contribution in [3.8, 4) is 0 Å². The molecule has 1 aliphatic rings. The molecular formula is C15H18FNO3. The fraction of sp³-hybridized carbons (Fsp3) is 0.467. The lowest BCUT2D eigenvalue weighted by Gasteiger charge is -2.25. The van der Waals surface area contributed by atoms with E-state index in [9.17, 15) is 14.0 Å². The molecule has 0 unspecified atom stereocenters. The van der Waals surface area contributed by atoms with E-state index in [0.717, 1.165) is 12.8 Å². The summed E-state index contributed by atoms with van der Waals surface area (Å²) in [7, 11) is 0. The molecule has 20 heavy (non-hydrogen) atoms. The Balaban J connectivity index is 1.87. The van der Waals surface area contributed by atoms with Crippen molar-refractivity contribution in [1.82, 2.24) is 5.32 Å². The first-order valence-corrected chi connectivity index (χ1v) is 6.81. The summed E-state index contributed by atoms with van der Waals surface area (Å²) in [6, 6.07) is 6.06. The first-order chi connectivity index (χ1) is 9.56. The van der Waals surface area contributed by atoms with E-state index in [0.29, 0.717) is 18.4 Å². The second-order valence-electron chi connectivity index (χ2n) is 5.25. The second-order valence-corrected chi connectivity index (χ2v) is 5.25. The third kappa shape index (κ3) is 3.79. The molecule has 1 fully saturated rings. The summed E-state index contributed by atoms with van der Waals surface area (Å²) in [6.07, 6.45) is 2.51. The van der Waals surface area contributed by atoms with E-state index in [1.54, 1.807) is 12.1 Å². The Hall–Kier alpha value is -1.91. The average Bonchev–Trinajstić information content (AvgIpc) is 2.45. The number of halogens is 1. The largest absolute Gasteiger partial charge is 0.481 e. The number of nitrogens with one attached hydrogen (secondary N) is 1. The lowest BCUT2D eigenvalue weighted by Crippen LogP contribution is -2.35. The van der Waals surface area contributed by atoms with Crippen LogP contribution in [0.3, 0.4) is 0 Å². The highest BCUT2D eigenvalue weighted by Gasteiger charge is 2.30. The molecule has 1 aromatic rings. The van der Waals surface area contributed by atoms with Crippen LogP contribution in [0.25, 0.3) is 0 Å². The summed E-state index contributed by atoms with van der Waals surface area (Å²) in [5.74, 6) is -1.97. The Labute approximate surface area is 117 Å². The van der Waals surface area contributed by atoms with Gasteiger partial charge in [0.15, 0.2) is 0 Å². The van der Waals surface area contributed by atoms with Gasteiger partial charge in [0.25, 0.3) is 0 Å². The Bertz CT molecular complexity index is 504. The van der Waals surface area contributed by atoms with E-state index in [1.807, 2.05) is 0 Å². The van der Waals surface area contributed by atoms with Crippen LogP contribution in [0.4, 0.5) is 4.39 Å². The zero-order valence-corrected chi connectivity index (χ0v) is 11.1. The molecule has 1 aromatic carbocycles. The van der Waals surface area contributed by atoms with Gasteiger partial charge in [-0.1, -0.05) is 18.6 Å². The van der Waals surface area contributed by atoms with E-state index < -0.39 is 11.9 Å². The monoisotopic (exact) mass is 279 g/mol. The molecule has 1 aliphatic carbocycles. The Morgan fingerprint density at radius 3 is 2.75 bits per heavy atom. The van der Waals surface area contributed by atoms with Crippen molar-refractivity contribution >= 4 is 11.9 Å². The summed E-state index contributed by atoms with van der Waals surface area (Å²) in [5, 5.41) is 11.8. The van der Waals surface area contributed by atoms with Gasteiger partial charge in [0.05, 0.1) is 5.92 Å². The zero-order valence-electron chi connectivity index (χ0n) is 11.1. The molecule has 2 N–H and O–H groups in total. The van der Waals surface area contributed by atoms with Gasteiger partial charge in [-0.3, -0.25) is 9.59 Å². The predicted octanol–water partition coefficient (Wildman–Crippen LogP) is 2.33. The van der Waals surface area contributed by atoms with Crippen LogP contribution in [-0.4, -0.2) is 17.0 Å². The molecule has 1 saturated carbocycles. The molecular weight excluding hydrogens is 261 g/mol. The highest BCUT2D eigenvalue weighted by Crippen LogP contribution is 2.29. The molecule has 0 radical (unpaired) electrons. The highest BCUT2D eigenvalue weighted by atomic mass is 19.1. The first-order valence-electron chi connectivity index (χ1n) is 6.81. The Morgan fingerprint density at radius 2 is 2.05 bits per heavy atom. The smallest absolute Gasteiger partial charge is 0.306 e. The molecule has 0 spiro atoms. The molecule has 1 amide bonds. The number of hydrogen-bond donors (Lipinski definition) is 2. The van der Waals surface area contributed by atoms with Crippen LogP contribution in [0.5, 0.6) is 0 Å². The maximum atomic E-state index is 13.0. The van der Waals surface area contributed by atoms with Crippen LogP contribution in [-0.2, 0) is 16.1 Å². The van der Waals surface area contributed by atoms with Crippen LogP contribution in [0.2, 0.25) is 0 Å². The molecule has 5 heteroatoms. The van der Waals surface area contributed by atoms with E-state index in [1.165, 1.54) is 12.1 Å². The van der Waals surface area contributed by atoms with Crippen LogP contribution < -0.4 is 5.32 Å². The number of carbonyl (C=O) groups is 2. The predicted molar refractivity (Wildman–Crippen MR) is 71.3 cm³/mol. The lowest BCUT2D eigenvalue weighted by atomic mass is 9.81. The van der Waals surface area contributed by atoms with Crippen LogP contribution in [0.1, 0.15) is 31.2 Å². The molecule has 2 atom stereocenters. The summed E-state index contributed by atoms with van der Waals surface area (Å²) >= 11 is 0. The van der Waals surface area contributed by atoms with E-state index >= 15 is 0 Å². The van der Waals surface area contributed by atoms with Gasteiger partial charge >= 0.3 is 5.97 Å². The molecule has 0 heterocycles. The molecule has 0 aliphatic heterocycles. The average molecular weight is 279 g/mol. The first kappa shape index (κ1) is 14.5. The van der Waals surface area contributed by atoms with E-state index in [4.69, 9.17) is 5.11 Å². The Morgan fingerprint density at radius 1 is 1.30 bits per heavy atom. The molecule has 2 rings (SSSR count). The highest BCUT2D eigenvalue weighted by molar-refractivity contribution is 5.80. The van der Waals surface area contributed by atoms with Gasteiger partial charge in [-0.2, -0.15) is 0 Å². The zero-order chi connectivity index (χ0) is 14.5. The fourth-order valence-electron chi connectivity index (χ4n) is 2.63. The van der Waals surface area contributed by atoms with Gasteiger partial charge in [-0.05, 0) is 37.0 Å². The molecule has 0 saturated heterocycles. The van der Waals surface area contributed by atoms with Gasteiger partial charge in [0.2, 0.25) is 5.91 Å². The maximum Gasteiger partial charge on any atom is 0.306 e. The minimum atomic E-state index is -0.826. The third-order valence-electron chi connectivity index (χ3n) is 3.75. The number of carboxylic acids is 1. The van der Waals surface area contributed by atoms with Crippen LogP contribution in [0.15, 0.2) is 24.3 Å². The quantitative estimate of drug-likeness (QED) is 0.889. The summed E-state index contributed by atoms with van der Waals surface area (Å²) in [4.78, 5) is 23.0. The third-order valence-corrected chi connectivity index (χ3v) is 3.75. The topological polar surface area (TPSA) is 66.4 Å². The Kier molecular flexibility index (Phi) is 4.71. The number of rotatable bonds is 4. The minimum Gasteiger partial charge on any atom is -0.481 e. The van der Waals surface area contributed by atoms with Gasteiger partial charge in [-0.25, -0.2) is 4.39 Å². The van der Waals surface area contributed by atoms with Gasteiger partial charge in [0, 0.05) is 12.5 Å². The van der Waals surface area contributed by atoms with Crippen molar-refractivity contribution in [2.24, 2.45) is 11.8 Å². The van der Waals surface area contributed by atoms with Crippen molar-refractivity contribution in [3.05, 3.63) is 35.6 Å². The van der Waals surface area contributed by atoms with Crippen molar-refractivity contribution in [2.45, 2.75) is 32.2 Å². The number of aliphatic carboxylic acids is 1. The number of amides is 1. The van der Waals surface area contributed by atoms with Crippen molar-refractivity contribution < 1.29 is 19.1 Å². The second kappa shape index (κ2) is 6.50. The number of carboxylic acid groups (broad SMARTS) is 1. The lowest BCUT2D eigenvalue weighted by molar-refractivity contribution is -0.144. The van der Waals surface area contributed by atoms with Gasteiger partial charge in [-0.15, -0.1) is 0 Å². The number of carbonyl (C=O) groups excluding carboxylic acids is 1. The SMILES string of the molecule is O=C(O)[C@H]1CCC[C@H](C(=O)NCc2cccc(F)c2)C1. The summed E-state index contributed by atoms with van der Waals surface area (Å²) < 4.78 is 13.0. The van der Waals surface area contributed by atoms with Gasteiger partial charge < -0.3 is 10.4 Å². The van der Waals surface area contributed by atoms with Gasteiger partial charge in [0.1, 0.15) is 5.82 Å². The maximum absolute atomic E-state index is 13.0. The summed E-state index contributed by atoms with van der Waals surface area (Å²) in [6.45, 7) is 0.269. The minimum absolute atomic E-state index is 0.139. The van der Waals surface area contributed by atoms with Crippen molar-refractivity contribution in [3.63, 3.8) is 0 Å². The standard InChI is InChI=1S/C15H18FNO3/c16-13-6-1-3-10(7-13)9-17-14(18)11-4-2-5-12(8-11)15(19)20/h1,3,6-7,11-12H,2,4-5,8-9H2,(H,17,18)(H,19,20)/t11-,12-/m0/s1. The molecule has 4 nitrogen and oxygen atoms in total. The molecule has 0 bridgehead atoms. The normalized spacial score (nSPS) is 22.2. The van der Waals surface area contributed by atoms with Crippen LogP contribution in [0, 0.1) is 17.7 Å². The molecule has 108 valence electrons. The van der Waals surface area contributed by atoms with E-state index in [-0.39, 0.29) is 24.2 Å².